The number of aromatic nitrogens is 1. The van der Waals surface area contributed by atoms with Crippen LogP contribution in [-0.2, 0) is 27.1 Å². The summed E-state index contributed by atoms with van der Waals surface area (Å²) in [5, 5.41) is 3.40. The SMILES string of the molecule is O=C(CCc1ccc(F)cc1)Nc1ncc(C(Cc2ccccc2)C2=COCO2)s1. The second-order valence-corrected chi connectivity index (χ2v) is 8.00. The monoisotopic (exact) mass is 424 g/mol. The number of benzene rings is 2. The highest BCUT2D eigenvalue weighted by atomic mass is 32.1. The zero-order valence-corrected chi connectivity index (χ0v) is 17.0. The van der Waals surface area contributed by atoms with Gasteiger partial charge in [-0.1, -0.05) is 42.5 Å². The first-order valence-corrected chi connectivity index (χ1v) is 10.5. The van der Waals surface area contributed by atoms with Crippen molar-refractivity contribution in [2.45, 2.75) is 25.2 Å². The number of amides is 1. The molecular formula is C23H21FN2O3S. The summed E-state index contributed by atoms with van der Waals surface area (Å²) in [5.74, 6) is 0.323. The molecule has 1 atom stereocenters. The van der Waals surface area contributed by atoms with Gasteiger partial charge in [0.1, 0.15) is 17.8 Å². The zero-order valence-electron chi connectivity index (χ0n) is 16.2. The van der Waals surface area contributed by atoms with E-state index in [2.05, 4.69) is 22.4 Å². The van der Waals surface area contributed by atoms with Gasteiger partial charge in [-0.2, -0.15) is 0 Å². The Morgan fingerprint density at radius 2 is 1.93 bits per heavy atom. The first-order chi connectivity index (χ1) is 14.7. The van der Waals surface area contributed by atoms with E-state index in [1.807, 2.05) is 18.2 Å². The highest BCUT2D eigenvalue weighted by Crippen LogP contribution is 2.36. The Kier molecular flexibility index (Phi) is 6.39. The van der Waals surface area contributed by atoms with Crippen LogP contribution in [0, 0.1) is 5.82 Å². The van der Waals surface area contributed by atoms with Gasteiger partial charge in [-0.15, -0.1) is 11.3 Å². The van der Waals surface area contributed by atoms with Crippen LogP contribution in [0.25, 0.3) is 0 Å². The molecular weight excluding hydrogens is 403 g/mol. The molecule has 154 valence electrons. The number of aryl methyl sites for hydroxylation is 1. The van der Waals surface area contributed by atoms with Gasteiger partial charge >= 0.3 is 0 Å². The average Bonchev–Trinajstić information content (AvgIpc) is 3.45. The van der Waals surface area contributed by atoms with Gasteiger partial charge < -0.3 is 14.8 Å². The van der Waals surface area contributed by atoms with Crippen LogP contribution in [0.15, 0.2) is 72.8 Å². The second-order valence-electron chi connectivity index (χ2n) is 6.93. The van der Waals surface area contributed by atoms with Gasteiger partial charge in [-0.05, 0) is 36.1 Å². The quantitative estimate of drug-likeness (QED) is 0.551. The van der Waals surface area contributed by atoms with Crippen LogP contribution < -0.4 is 5.32 Å². The summed E-state index contributed by atoms with van der Waals surface area (Å²) in [7, 11) is 0. The topological polar surface area (TPSA) is 60.5 Å². The Bertz CT molecular complexity index is 1020. The smallest absolute Gasteiger partial charge is 0.229 e. The standard InChI is InChI=1S/C23H21FN2O3S/c24-18-9-6-16(7-10-18)8-11-22(27)26-23-25-13-21(30-23)19(20-14-28-15-29-20)12-17-4-2-1-3-5-17/h1-7,9-10,13-14,19H,8,11-12,15H2,(H,25,26,27). The van der Waals surface area contributed by atoms with Crippen molar-refractivity contribution in [2.75, 3.05) is 12.1 Å². The Morgan fingerprint density at radius 3 is 2.67 bits per heavy atom. The Balaban J connectivity index is 1.40. The molecule has 7 heteroatoms. The number of thiazole rings is 1. The minimum atomic E-state index is -0.282. The van der Waals surface area contributed by atoms with E-state index in [0.29, 0.717) is 18.0 Å². The Hall–Kier alpha value is -3.19. The third kappa shape index (κ3) is 5.24. The van der Waals surface area contributed by atoms with Crippen LogP contribution in [0.4, 0.5) is 9.52 Å². The minimum Gasteiger partial charge on any atom is -0.462 e. The maximum atomic E-state index is 13.0. The molecule has 1 aliphatic heterocycles. The minimum absolute atomic E-state index is 0.0303. The van der Waals surface area contributed by atoms with Crippen LogP contribution in [-0.4, -0.2) is 17.7 Å². The molecule has 0 spiro atoms. The molecule has 1 amide bonds. The maximum Gasteiger partial charge on any atom is 0.229 e. The van der Waals surface area contributed by atoms with Crippen LogP contribution in [0.2, 0.25) is 0 Å². The maximum absolute atomic E-state index is 13.0. The fourth-order valence-electron chi connectivity index (χ4n) is 3.22. The molecule has 1 unspecified atom stereocenters. The van der Waals surface area contributed by atoms with Crippen molar-refractivity contribution in [3.8, 4) is 0 Å². The van der Waals surface area contributed by atoms with Gasteiger partial charge in [0.25, 0.3) is 0 Å². The lowest BCUT2D eigenvalue weighted by atomic mass is 9.96. The molecule has 1 aromatic heterocycles. The molecule has 1 aliphatic rings. The molecule has 0 bridgehead atoms. The lowest BCUT2D eigenvalue weighted by molar-refractivity contribution is -0.116. The van der Waals surface area contributed by atoms with Gasteiger partial charge in [0.05, 0.1) is 5.92 Å². The third-order valence-electron chi connectivity index (χ3n) is 4.79. The highest BCUT2D eigenvalue weighted by Gasteiger charge is 2.25. The van der Waals surface area contributed by atoms with E-state index in [1.54, 1.807) is 24.6 Å². The number of nitrogens with one attached hydrogen (secondary N) is 1. The zero-order chi connectivity index (χ0) is 20.8. The molecule has 2 heterocycles. The summed E-state index contributed by atoms with van der Waals surface area (Å²) in [6.07, 6.45) is 5.01. The van der Waals surface area contributed by atoms with Crippen molar-refractivity contribution in [2.24, 2.45) is 0 Å². The number of allylic oxidation sites excluding steroid dienone is 1. The number of hydrogen-bond acceptors (Lipinski definition) is 5. The largest absolute Gasteiger partial charge is 0.462 e. The van der Waals surface area contributed by atoms with Gasteiger partial charge in [0, 0.05) is 17.5 Å². The molecule has 0 saturated carbocycles. The van der Waals surface area contributed by atoms with E-state index in [0.717, 1.165) is 22.6 Å². The Morgan fingerprint density at radius 1 is 1.13 bits per heavy atom. The number of carbonyl (C=O) groups is 1. The van der Waals surface area contributed by atoms with E-state index >= 15 is 0 Å². The highest BCUT2D eigenvalue weighted by molar-refractivity contribution is 7.15. The van der Waals surface area contributed by atoms with Crippen molar-refractivity contribution in [3.05, 3.63) is 94.6 Å². The molecule has 0 radical (unpaired) electrons. The number of rotatable bonds is 8. The molecule has 4 rings (SSSR count). The number of hydrogen-bond donors (Lipinski definition) is 1. The summed E-state index contributed by atoms with van der Waals surface area (Å²) >= 11 is 1.43. The number of ether oxygens (including phenoxy) is 2. The fourth-order valence-corrected chi connectivity index (χ4v) is 4.16. The lowest BCUT2D eigenvalue weighted by Crippen LogP contribution is -2.12. The summed E-state index contributed by atoms with van der Waals surface area (Å²) in [5.41, 5.74) is 2.09. The summed E-state index contributed by atoms with van der Waals surface area (Å²) in [6.45, 7) is 0.215. The fraction of sp³-hybridized carbons (Fsp3) is 0.217. The van der Waals surface area contributed by atoms with E-state index in [-0.39, 0.29) is 24.4 Å². The second kappa shape index (κ2) is 9.54. The molecule has 5 nitrogen and oxygen atoms in total. The van der Waals surface area contributed by atoms with E-state index < -0.39 is 0 Å². The van der Waals surface area contributed by atoms with Gasteiger partial charge in [-0.25, -0.2) is 9.37 Å². The van der Waals surface area contributed by atoms with Crippen molar-refractivity contribution >= 4 is 22.4 Å². The summed E-state index contributed by atoms with van der Waals surface area (Å²) in [6, 6.07) is 16.3. The van der Waals surface area contributed by atoms with Gasteiger partial charge in [0.2, 0.25) is 12.7 Å². The first-order valence-electron chi connectivity index (χ1n) is 9.66. The summed E-state index contributed by atoms with van der Waals surface area (Å²) in [4.78, 5) is 17.7. The van der Waals surface area contributed by atoms with Crippen LogP contribution in [0.5, 0.6) is 0 Å². The van der Waals surface area contributed by atoms with E-state index in [9.17, 15) is 9.18 Å². The Labute approximate surface area is 178 Å². The average molecular weight is 424 g/mol. The van der Waals surface area contributed by atoms with Crippen molar-refractivity contribution in [1.29, 1.82) is 0 Å². The number of carbonyl (C=O) groups excluding carboxylic acids is 1. The van der Waals surface area contributed by atoms with E-state index in [4.69, 9.17) is 9.47 Å². The van der Waals surface area contributed by atoms with E-state index in [1.165, 1.54) is 29.0 Å². The normalized spacial score (nSPS) is 13.8. The third-order valence-corrected chi connectivity index (χ3v) is 5.81. The molecule has 0 fully saturated rings. The molecule has 1 N–H and O–H groups in total. The van der Waals surface area contributed by atoms with Crippen molar-refractivity contribution in [1.82, 2.24) is 4.98 Å². The van der Waals surface area contributed by atoms with Crippen molar-refractivity contribution in [3.63, 3.8) is 0 Å². The molecule has 30 heavy (non-hydrogen) atoms. The van der Waals surface area contributed by atoms with Crippen molar-refractivity contribution < 1.29 is 18.7 Å². The van der Waals surface area contributed by atoms with Gasteiger partial charge in [-0.3, -0.25) is 4.79 Å². The number of nitrogens with zero attached hydrogens (tertiary/aromatic N) is 1. The van der Waals surface area contributed by atoms with Crippen LogP contribution in [0.3, 0.4) is 0 Å². The predicted octanol–water partition coefficient (Wildman–Crippen LogP) is 5.03. The number of anilines is 1. The molecule has 0 saturated heterocycles. The first kappa shape index (κ1) is 20.1. The molecule has 2 aromatic carbocycles. The molecule has 0 aliphatic carbocycles. The van der Waals surface area contributed by atoms with Crippen LogP contribution in [0.1, 0.15) is 28.3 Å². The summed E-state index contributed by atoms with van der Waals surface area (Å²) < 4.78 is 23.9. The van der Waals surface area contributed by atoms with Gasteiger partial charge in [0.15, 0.2) is 5.13 Å². The number of halogens is 1. The lowest BCUT2D eigenvalue weighted by Gasteiger charge is -2.15. The van der Waals surface area contributed by atoms with Crippen LogP contribution >= 0.6 is 11.3 Å². The predicted molar refractivity (Wildman–Crippen MR) is 113 cm³/mol. The molecule has 3 aromatic rings.